The fourth-order valence-electron chi connectivity index (χ4n) is 7.18. The molecule has 2 aromatic heterocycles. The van der Waals surface area contributed by atoms with Gasteiger partial charge in [-0.1, -0.05) is 101 Å². The van der Waals surface area contributed by atoms with Gasteiger partial charge in [0, 0.05) is 69.1 Å². The van der Waals surface area contributed by atoms with Crippen LogP contribution in [0.3, 0.4) is 0 Å². The minimum atomic E-state index is -0.405. The van der Waals surface area contributed by atoms with E-state index in [9.17, 15) is 9.59 Å². The summed E-state index contributed by atoms with van der Waals surface area (Å²) >= 11 is 0. The molecule has 0 saturated heterocycles. The summed E-state index contributed by atoms with van der Waals surface area (Å²) in [5.41, 5.74) is 6.36. The third-order valence-electron chi connectivity index (χ3n) is 10.6. The van der Waals surface area contributed by atoms with E-state index in [4.69, 9.17) is 9.47 Å². The van der Waals surface area contributed by atoms with Crippen LogP contribution in [-0.4, -0.2) is 44.6 Å². The predicted octanol–water partition coefficient (Wildman–Crippen LogP) is 15.3. The van der Waals surface area contributed by atoms with Gasteiger partial charge in [-0.2, -0.15) is 54.6 Å². The lowest BCUT2D eigenvalue weighted by molar-refractivity contribution is -0.697. The maximum atomic E-state index is 12.2. The zero-order valence-corrected chi connectivity index (χ0v) is 44.2. The molecular weight excluding hydrogens is 826 g/mol. The first kappa shape index (κ1) is 58.7. The SMILES string of the molecule is COCCCCCCCCCCC[n+]1ccc(-c2cc[n+](CCCCCCCCCCCOC(=O)Nc3ccc(Cc4ccc(NC(C)=O)cc4)cc3)cc2)cc1.C[B-](C)(C)C.C[B-](C)(C)C. The van der Waals surface area contributed by atoms with E-state index in [1.54, 1.807) is 7.11 Å². The average Bonchev–Trinajstić information content (AvgIpc) is 3.26. The largest absolute Gasteiger partial charge is 0.449 e. The number of aromatic nitrogens is 2. The molecule has 0 aliphatic heterocycles. The minimum absolute atomic E-state index is 0. The summed E-state index contributed by atoms with van der Waals surface area (Å²) in [4.78, 5) is 23.4. The second-order valence-corrected chi connectivity index (χ2v) is 22.4. The van der Waals surface area contributed by atoms with Gasteiger partial charge in [-0.15, -0.1) is 0 Å². The van der Waals surface area contributed by atoms with Crippen molar-refractivity contribution >= 4 is 35.7 Å². The number of unbranched alkanes of at least 4 members (excludes halogenated alkanes) is 16. The smallest absolute Gasteiger partial charge is 0.411 e. The van der Waals surface area contributed by atoms with E-state index >= 15 is 0 Å². The number of anilines is 2. The second-order valence-electron chi connectivity index (χ2n) is 22.4. The molecule has 0 bridgehead atoms. The highest BCUT2D eigenvalue weighted by atomic mass is 16.5. The average molecular weight is 921 g/mol. The summed E-state index contributed by atoms with van der Waals surface area (Å²) in [6.45, 7) is 23.0. The molecule has 2 N–H and O–H groups in total. The van der Waals surface area contributed by atoms with Crippen LogP contribution in [0.2, 0.25) is 54.6 Å². The standard InChI is InChI=1S/C49H68N4O4.2C4H12B/c1-42(54)50-47-25-21-43(22-26-47)41-44-23-27-48(28-24-44)51-49(55)57-40-20-16-12-8-4-6-10-14-18-34-53-37-31-46(32-38-53)45-29-35-52(36-30-45)33-17-13-9-5-3-7-11-15-19-39-56-2;2*1-5(2,3)4/h21-32,35-38H,3-20,33-34,39-41H2,1-2H3;2*1-4H3/q;2*-1/p+2. The van der Waals surface area contributed by atoms with E-state index in [1.165, 1.54) is 121 Å². The number of hydrogen-bond donors (Lipinski definition) is 2. The van der Waals surface area contributed by atoms with Crippen LogP contribution < -0.4 is 19.8 Å². The van der Waals surface area contributed by atoms with Crippen LogP contribution in [0.5, 0.6) is 0 Å². The number of nitrogens with zero attached hydrogens (tertiary/aromatic N) is 2. The van der Waals surface area contributed by atoms with Gasteiger partial charge in [0.25, 0.3) is 0 Å². The van der Waals surface area contributed by atoms with Gasteiger partial charge < -0.3 is 14.8 Å². The highest BCUT2D eigenvalue weighted by Gasteiger charge is 2.08. The molecule has 0 aliphatic carbocycles. The van der Waals surface area contributed by atoms with Crippen LogP contribution in [0.15, 0.2) is 97.6 Å². The maximum Gasteiger partial charge on any atom is 0.411 e. The number of aryl methyl sites for hydroxylation is 2. The fraction of sp³-hybridized carbons (Fsp3) is 0.579. The van der Waals surface area contributed by atoms with Crippen molar-refractivity contribution < 1.29 is 28.2 Å². The van der Waals surface area contributed by atoms with Gasteiger partial charge in [-0.25, -0.2) is 13.9 Å². The zero-order valence-electron chi connectivity index (χ0n) is 44.2. The molecule has 0 saturated carbocycles. The third kappa shape index (κ3) is 34.5. The molecule has 67 heavy (non-hydrogen) atoms. The first-order valence-corrected chi connectivity index (χ1v) is 26.5. The molecule has 0 spiro atoms. The second kappa shape index (κ2) is 34.8. The monoisotopic (exact) mass is 921 g/mol. The number of hydrogen-bond acceptors (Lipinski definition) is 4. The highest BCUT2D eigenvalue weighted by molar-refractivity contribution is 6.75. The number of pyridine rings is 2. The van der Waals surface area contributed by atoms with E-state index in [0.29, 0.717) is 6.61 Å². The molecule has 0 radical (unpaired) electrons. The minimum Gasteiger partial charge on any atom is -0.449 e. The third-order valence-corrected chi connectivity index (χ3v) is 10.6. The summed E-state index contributed by atoms with van der Waals surface area (Å²) < 4.78 is 15.2. The van der Waals surface area contributed by atoms with Crippen LogP contribution >= 0.6 is 0 Å². The lowest BCUT2D eigenvalue weighted by Gasteiger charge is -2.10. The molecule has 0 atom stereocenters. The normalized spacial score (nSPS) is 11.2. The van der Waals surface area contributed by atoms with Crippen LogP contribution in [0.1, 0.15) is 134 Å². The number of rotatable bonds is 29. The van der Waals surface area contributed by atoms with E-state index in [-0.39, 0.29) is 18.2 Å². The van der Waals surface area contributed by atoms with Crippen molar-refractivity contribution in [1.29, 1.82) is 0 Å². The molecule has 4 aromatic rings. The Morgan fingerprint density at radius 2 is 0.761 bits per heavy atom. The summed E-state index contributed by atoms with van der Waals surface area (Å²) in [6.07, 6.45) is 31.9. The Morgan fingerprint density at radius 3 is 1.10 bits per heavy atom. The van der Waals surface area contributed by atoms with Crippen molar-refractivity contribution in [2.75, 3.05) is 31.0 Å². The van der Waals surface area contributed by atoms with Crippen molar-refractivity contribution in [2.24, 2.45) is 0 Å². The van der Waals surface area contributed by atoms with Gasteiger partial charge >= 0.3 is 6.09 Å². The van der Waals surface area contributed by atoms with Crippen molar-refractivity contribution in [1.82, 2.24) is 0 Å². The number of ether oxygens (including phenoxy) is 2. The first-order valence-electron chi connectivity index (χ1n) is 26.5. The first-order chi connectivity index (χ1) is 32.0. The lowest BCUT2D eigenvalue weighted by atomic mass is 9.32. The van der Waals surface area contributed by atoms with Gasteiger partial charge in [0.15, 0.2) is 24.8 Å². The Kier molecular flexibility index (Phi) is 30.5. The van der Waals surface area contributed by atoms with Crippen molar-refractivity contribution in [3.63, 3.8) is 0 Å². The van der Waals surface area contributed by atoms with Gasteiger partial charge in [-0.05, 0) is 90.9 Å². The Bertz CT molecular complexity index is 1830. The van der Waals surface area contributed by atoms with Crippen molar-refractivity contribution in [3.05, 3.63) is 109 Å². The van der Waals surface area contributed by atoms with E-state index < -0.39 is 6.09 Å². The lowest BCUT2D eigenvalue weighted by Crippen LogP contribution is -2.33. The Hall–Kier alpha value is -4.43. The summed E-state index contributed by atoms with van der Waals surface area (Å²) in [5, 5.41) is 5.61. The van der Waals surface area contributed by atoms with Gasteiger partial charge in [-0.3, -0.25) is 10.1 Å². The van der Waals surface area contributed by atoms with Gasteiger partial charge in [0.1, 0.15) is 13.1 Å². The Labute approximate surface area is 409 Å². The zero-order chi connectivity index (χ0) is 49.2. The fourth-order valence-corrected chi connectivity index (χ4v) is 7.18. The number of benzene rings is 2. The Balaban J connectivity index is 0.00000139. The maximum absolute atomic E-state index is 12.2. The quantitative estimate of drug-likeness (QED) is 0.0323. The van der Waals surface area contributed by atoms with Crippen LogP contribution in [-0.2, 0) is 33.8 Å². The van der Waals surface area contributed by atoms with Crippen molar-refractivity contribution in [3.8, 4) is 11.1 Å². The molecule has 2 aromatic carbocycles. The molecule has 0 unspecified atom stereocenters. The summed E-state index contributed by atoms with van der Waals surface area (Å²) in [5.74, 6) is -0.0793. The summed E-state index contributed by atoms with van der Waals surface area (Å²) in [7, 11) is 1.79. The van der Waals surface area contributed by atoms with Crippen LogP contribution in [0.25, 0.3) is 11.1 Å². The van der Waals surface area contributed by atoms with Crippen molar-refractivity contribution in [2.45, 2.75) is 197 Å². The molecule has 2 heterocycles. The molecule has 0 fully saturated rings. The van der Waals surface area contributed by atoms with Gasteiger partial charge in [0.2, 0.25) is 5.91 Å². The Morgan fingerprint density at radius 1 is 0.448 bits per heavy atom. The summed E-state index contributed by atoms with van der Waals surface area (Å²) in [6, 6.07) is 24.6. The van der Waals surface area contributed by atoms with E-state index in [2.05, 4.69) is 123 Å². The van der Waals surface area contributed by atoms with E-state index in [1.807, 2.05) is 48.5 Å². The number of carbonyl (C=O) groups excluding carboxylic acids is 2. The van der Waals surface area contributed by atoms with Crippen LogP contribution in [0.4, 0.5) is 16.2 Å². The van der Waals surface area contributed by atoms with E-state index in [0.717, 1.165) is 61.5 Å². The molecule has 372 valence electrons. The highest BCUT2D eigenvalue weighted by Crippen LogP contribution is 2.18. The number of nitrogens with one attached hydrogen (secondary N) is 2. The van der Waals surface area contributed by atoms with Gasteiger partial charge in [0.05, 0.1) is 6.61 Å². The molecule has 4 rings (SSSR count). The molecule has 0 aliphatic rings. The molecule has 8 nitrogen and oxygen atoms in total. The molecular formula is C57H94B2N4O4. The van der Waals surface area contributed by atoms with Crippen LogP contribution in [0, 0.1) is 0 Å². The topological polar surface area (TPSA) is 84.4 Å². The predicted molar refractivity (Wildman–Crippen MR) is 291 cm³/mol. The number of amides is 2. The number of methoxy groups -OCH3 is 1. The molecule has 10 heteroatoms. The number of carbonyl (C=O) groups is 2. The molecule has 2 amide bonds.